The number of carbonyl (C=O) groups excluding carboxylic acids is 3. The molecule has 188 valence electrons. The van der Waals surface area contributed by atoms with Crippen molar-refractivity contribution in [3.8, 4) is 11.8 Å². The Morgan fingerprint density at radius 2 is 1.68 bits per heavy atom. The Labute approximate surface area is 212 Å². The molecule has 1 aromatic heterocycles. The van der Waals surface area contributed by atoms with Crippen molar-refractivity contribution in [2.75, 3.05) is 18.0 Å². The minimum atomic E-state index is -1.46. The Morgan fingerprint density at radius 3 is 2.32 bits per heavy atom. The van der Waals surface area contributed by atoms with E-state index in [9.17, 15) is 14.4 Å². The lowest BCUT2D eigenvalue weighted by Gasteiger charge is -2.51. The van der Waals surface area contributed by atoms with Gasteiger partial charge < -0.3 is 9.80 Å². The number of rotatable bonds is 3. The highest BCUT2D eigenvalue weighted by molar-refractivity contribution is 6.19. The molecule has 0 aliphatic carbocycles. The number of piperazine rings is 1. The van der Waals surface area contributed by atoms with Gasteiger partial charge in [0.25, 0.3) is 0 Å². The first kappa shape index (κ1) is 24.2. The van der Waals surface area contributed by atoms with Crippen LogP contribution in [0.3, 0.4) is 0 Å². The van der Waals surface area contributed by atoms with Crippen molar-refractivity contribution in [1.29, 1.82) is 0 Å². The Bertz CT molecular complexity index is 1450. The van der Waals surface area contributed by atoms with E-state index in [0.29, 0.717) is 10.5 Å². The first-order valence-corrected chi connectivity index (χ1v) is 11.6. The minimum absolute atomic E-state index is 0.0588. The van der Waals surface area contributed by atoms with Gasteiger partial charge in [-0.15, -0.1) is 0 Å². The summed E-state index contributed by atoms with van der Waals surface area (Å²) < 4.78 is 31.8. The largest absolute Gasteiger partial charge is 0.334 e. The van der Waals surface area contributed by atoms with Crippen LogP contribution in [-0.2, 0) is 23.2 Å². The third-order valence-electron chi connectivity index (χ3n) is 6.60. The molecule has 0 N–H and O–H groups in total. The van der Waals surface area contributed by atoms with Crippen LogP contribution in [0.25, 0.3) is 0 Å². The zero-order valence-electron chi connectivity index (χ0n) is 20.2. The van der Waals surface area contributed by atoms with Gasteiger partial charge in [0.2, 0.25) is 11.8 Å². The van der Waals surface area contributed by atoms with Crippen LogP contribution >= 0.6 is 0 Å². The molecule has 2 aromatic carbocycles. The lowest BCUT2D eigenvalue weighted by molar-refractivity contribution is -0.152. The number of aryl methyl sites for hydroxylation is 1. The number of hydrogen-bond acceptors (Lipinski definition) is 4. The summed E-state index contributed by atoms with van der Waals surface area (Å²) in [6.07, 6.45) is 3.01. The molecule has 1 atom stereocenters. The molecule has 0 radical (unpaired) electrons. The first-order chi connectivity index (χ1) is 17.7. The number of halogens is 2. The lowest BCUT2D eigenvalue weighted by Crippen LogP contribution is -2.72. The van der Waals surface area contributed by atoms with Crippen LogP contribution in [0.15, 0.2) is 54.9 Å². The number of carbonyl (C=O) groups is 3. The molecule has 0 bridgehead atoms. The summed E-state index contributed by atoms with van der Waals surface area (Å²) in [5, 5.41) is 4.10. The molecule has 3 heterocycles. The van der Waals surface area contributed by atoms with Gasteiger partial charge in [-0.25, -0.2) is 18.5 Å². The topological polar surface area (TPSA) is 78.8 Å². The van der Waals surface area contributed by atoms with Crippen LogP contribution in [-0.4, -0.2) is 56.1 Å². The number of amides is 4. The summed E-state index contributed by atoms with van der Waals surface area (Å²) in [6, 6.07) is 9.96. The zero-order chi connectivity index (χ0) is 26.3. The summed E-state index contributed by atoms with van der Waals surface area (Å²) in [7, 11) is 1.76. The third-order valence-corrected chi connectivity index (χ3v) is 6.60. The summed E-state index contributed by atoms with van der Waals surface area (Å²) >= 11 is 0. The average Bonchev–Trinajstić information content (AvgIpc) is 3.27. The van der Waals surface area contributed by atoms with E-state index in [1.165, 1.54) is 11.8 Å². The van der Waals surface area contributed by atoms with Crippen molar-refractivity contribution in [3.63, 3.8) is 0 Å². The highest BCUT2D eigenvalue weighted by Gasteiger charge is 2.55. The second-order valence-corrected chi connectivity index (χ2v) is 9.27. The molecule has 1 unspecified atom stereocenters. The SMILES string of the molecule is Cn1cc(CN2CCN3C(=O)N(c4c(F)cc(C#Cc5ccccc5)cc4F)C(=O)CC3(C)C2=O)cn1. The predicted molar refractivity (Wildman–Crippen MR) is 130 cm³/mol. The molecule has 3 aromatic rings. The van der Waals surface area contributed by atoms with Gasteiger partial charge in [-0.2, -0.15) is 5.10 Å². The van der Waals surface area contributed by atoms with Crippen molar-refractivity contribution >= 4 is 23.5 Å². The monoisotopic (exact) mass is 503 g/mol. The number of hydrogen-bond donors (Lipinski definition) is 0. The highest BCUT2D eigenvalue weighted by atomic mass is 19.1. The van der Waals surface area contributed by atoms with Crippen LogP contribution in [0.5, 0.6) is 0 Å². The molecule has 2 saturated heterocycles. The van der Waals surface area contributed by atoms with Gasteiger partial charge in [-0.05, 0) is 31.2 Å². The number of nitrogens with zero attached hydrogens (tertiary/aromatic N) is 5. The zero-order valence-corrected chi connectivity index (χ0v) is 20.2. The van der Waals surface area contributed by atoms with E-state index < -0.39 is 47.1 Å². The Morgan fingerprint density at radius 1 is 1.00 bits per heavy atom. The molecule has 2 aliphatic rings. The molecular weight excluding hydrogens is 480 g/mol. The van der Waals surface area contributed by atoms with Crippen molar-refractivity contribution in [2.45, 2.75) is 25.4 Å². The predicted octanol–water partition coefficient (Wildman–Crippen LogP) is 3.06. The molecule has 2 aliphatic heterocycles. The first-order valence-electron chi connectivity index (χ1n) is 11.6. The number of anilines is 1. The summed E-state index contributed by atoms with van der Waals surface area (Å²) in [6.45, 7) is 2.09. The normalized spacial score (nSPS) is 19.6. The van der Waals surface area contributed by atoms with Crippen LogP contribution in [0, 0.1) is 23.5 Å². The van der Waals surface area contributed by atoms with Crippen LogP contribution in [0.2, 0.25) is 0 Å². The second-order valence-electron chi connectivity index (χ2n) is 9.27. The maximum atomic E-state index is 15.1. The highest BCUT2D eigenvalue weighted by Crippen LogP contribution is 2.37. The van der Waals surface area contributed by atoms with E-state index in [0.717, 1.165) is 17.7 Å². The van der Waals surface area contributed by atoms with E-state index in [1.807, 2.05) is 6.07 Å². The second kappa shape index (κ2) is 9.17. The van der Waals surface area contributed by atoms with Crippen molar-refractivity contribution in [3.05, 3.63) is 83.2 Å². The van der Waals surface area contributed by atoms with Crippen LogP contribution in [0.1, 0.15) is 30.0 Å². The minimum Gasteiger partial charge on any atom is -0.334 e. The van der Waals surface area contributed by atoms with Gasteiger partial charge >= 0.3 is 6.03 Å². The van der Waals surface area contributed by atoms with Crippen LogP contribution in [0.4, 0.5) is 19.3 Å². The number of imide groups is 1. The molecule has 10 heteroatoms. The van der Waals surface area contributed by atoms with Gasteiger partial charge in [0, 0.05) is 49.6 Å². The van der Waals surface area contributed by atoms with Crippen molar-refractivity contribution in [1.82, 2.24) is 19.6 Å². The van der Waals surface area contributed by atoms with Gasteiger partial charge in [0.15, 0.2) is 11.6 Å². The smallest absolute Gasteiger partial charge is 0.332 e. The molecule has 2 fully saturated rings. The molecule has 0 spiro atoms. The molecule has 8 nitrogen and oxygen atoms in total. The Kier molecular flexibility index (Phi) is 5.99. The van der Waals surface area contributed by atoms with Crippen molar-refractivity contribution < 1.29 is 23.2 Å². The van der Waals surface area contributed by atoms with Gasteiger partial charge in [-0.3, -0.25) is 14.3 Å². The average molecular weight is 504 g/mol. The lowest BCUT2D eigenvalue weighted by atomic mass is 9.88. The Balaban J connectivity index is 1.40. The number of urea groups is 1. The van der Waals surface area contributed by atoms with Gasteiger partial charge in [0.1, 0.15) is 11.2 Å². The summed E-state index contributed by atoms with van der Waals surface area (Å²) in [4.78, 5) is 43.1. The maximum absolute atomic E-state index is 15.1. The summed E-state index contributed by atoms with van der Waals surface area (Å²) in [5.74, 6) is 2.06. The van der Waals surface area contributed by atoms with E-state index >= 15 is 8.78 Å². The quantitative estimate of drug-likeness (QED) is 0.515. The summed E-state index contributed by atoms with van der Waals surface area (Å²) in [5.41, 5.74) is -0.696. The maximum Gasteiger partial charge on any atom is 0.332 e. The third kappa shape index (κ3) is 4.33. The van der Waals surface area contributed by atoms with Crippen molar-refractivity contribution in [2.24, 2.45) is 7.05 Å². The molecule has 37 heavy (non-hydrogen) atoms. The van der Waals surface area contributed by atoms with Crippen LogP contribution < -0.4 is 4.90 Å². The fourth-order valence-electron chi connectivity index (χ4n) is 4.77. The van der Waals surface area contributed by atoms with E-state index in [1.54, 1.807) is 53.3 Å². The van der Waals surface area contributed by atoms with E-state index in [2.05, 4.69) is 16.9 Å². The number of benzene rings is 2. The molecule has 4 amide bonds. The van der Waals surface area contributed by atoms with E-state index in [-0.39, 0.29) is 25.2 Å². The fourth-order valence-corrected chi connectivity index (χ4v) is 4.77. The standard InChI is InChI=1S/C27H23F2N5O3/c1-27-14-23(35)34(24-21(28)12-19(13-22(24)29)9-8-18-6-4-3-5-7-18)26(37)33(27)11-10-32(25(27)36)17-20-15-30-31(2)16-20/h3-7,12-13,15-16H,10-11,14,17H2,1-2H3. The van der Waals surface area contributed by atoms with E-state index in [4.69, 9.17) is 0 Å². The van der Waals surface area contributed by atoms with Gasteiger partial charge in [0.05, 0.1) is 12.6 Å². The Hall–Kier alpha value is -4.52. The number of aromatic nitrogens is 2. The molecule has 0 saturated carbocycles. The number of fused-ring (bicyclic) bond motifs is 1. The molecular formula is C27H23F2N5O3. The fraction of sp³-hybridized carbons (Fsp3) is 0.259. The van der Waals surface area contributed by atoms with Gasteiger partial charge in [-0.1, -0.05) is 30.0 Å². The molecule has 5 rings (SSSR count).